The molecule has 37 heavy (non-hydrogen) atoms. The summed E-state index contributed by atoms with van der Waals surface area (Å²) < 4.78 is 0. The number of hydrogen-bond donors (Lipinski definition) is 1. The van der Waals surface area contributed by atoms with E-state index >= 15 is 0 Å². The second kappa shape index (κ2) is 10.4. The minimum atomic E-state index is -0.311. The summed E-state index contributed by atoms with van der Waals surface area (Å²) in [6, 6.07) is 30.1. The summed E-state index contributed by atoms with van der Waals surface area (Å²) in [5, 5.41) is 0. The van der Waals surface area contributed by atoms with Crippen molar-refractivity contribution in [2.75, 3.05) is 18.0 Å². The predicted octanol–water partition coefficient (Wildman–Crippen LogP) is 6.04. The number of aromatic nitrogens is 1. The number of anilines is 2. The lowest BCUT2D eigenvalue weighted by molar-refractivity contribution is -0.117. The van der Waals surface area contributed by atoms with Gasteiger partial charge in [0, 0.05) is 41.7 Å². The Kier molecular flexibility index (Phi) is 6.68. The summed E-state index contributed by atoms with van der Waals surface area (Å²) in [5.41, 5.74) is 12.4. The van der Waals surface area contributed by atoms with Crippen molar-refractivity contribution in [3.05, 3.63) is 102 Å². The minimum absolute atomic E-state index is 0.242. The number of primary amides is 1. The standard InChI is InChI=1S/C31H30N4OS/c32-31(36)20-22-7-1-2-9-26(22)23-12-13-28-30(19-23)37-29-11-4-3-10-27(29)35(28)25-14-17-34(18-15-25)21-24-8-5-6-16-33-24/h1-13,16,19,25H,14-15,17-18,20-21H2,(H2,32,36). The number of nitrogens with two attached hydrogens (primary N) is 1. The first-order valence-corrected chi connectivity index (χ1v) is 13.7. The van der Waals surface area contributed by atoms with Gasteiger partial charge in [-0.1, -0.05) is 60.3 Å². The molecule has 0 radical (unpaired) electrons. The van der Waals surface area contributed by atoms with E-state index in [1.54, 1.807) is 0 Å². The Balaban J connectivity index is 1.29. The minimum Gasteiger partial charge on any atom is -0.369 e. The monoisotopic (exact) mass is 506 g/mol. The van der Waals surface area contributed by atoms with E-state index in [9.17, 15) is 4.79 Å². The number of rotatable bonds is 6. The van der Waals surface area contributed by atoms with Crippen molar-refractivity contribution in [1.29, 1.82) is 0 Å². The third kappa shape index (κ3) is 4.99. The van der Waals surface area contributed by atoms with Crippen molar-refractivity contribution in [3.8, 4) is 11.1 Å². The normalized spacial score (nSPS) is 15.7. The van der Waals surface area contributed by atoms with Gasteiger partial charge >= 0.3 is 0 Å². The van der Waals surface area contributed by atoms with E-state index in [0.29, 0.717) is 6.04 Å². The molecule has 3 aromatic carbocycles. The van der Waals surface area contributed by atoms with Crippen molar-refractivity contribution in [3.63, 3.8) is 0 Å². The van der Waals surface area contributed by atoms with Crippen LogP contribution < -0.4 is 10.6 Å². The highest BCUT2D eigenvalue weighted by molar-refractivity contribution is 7.99. The van der Waals surface area contributed by atoms with E-state index in [1.165, 1.54) is 21.2 Å². The molecule has 1 aromatic heterocycles. The van der Waals surface area contributed by atoms with Crippen LogP contribution >= 0.6 is 11.8 Å². The highest BCUT2D eigenvalue weighted by Gasteiger charge is 2.32. The molecular formula is C31H30N4OS. The topological polar surface area (TPSA) is 62.5 Å². The van der Waals surface area contributed by atoms with E-state index in [1.807, 2.05) is 42.2 Å². The molecule has 0 atom stereocenters. The van der Waals surface area contributed by atoms with Gasteiger partial charge in [0.25, 0.3) is 0 Å². The molecule has 0 spiro atoms. The lowest BCUT2D eigenvalue weighted by atomic mass is 9.96. The largest absolute Gasteiger partial charge is 0.369 e. The zero-order chi connectivity index (χ0) is 25.2. The number of fused-ring (bicyclic) bond motifs is 2. The number of nitrogens with zero attached hydrogens (tertiary/aromatic N) is 3. The van der Waals surface area contributed by atoms with E-state index < -0.39 is 0 Å². The van der Waals surface area contributed by atoms with Gasteiger partial charge in [0.15, 0.2) is 0 Å². The fraction of sp³-hybridized carbons (Fsp3) is 0.226. The number of benzene rings is 3. The summed E-state index contributed by atoms with van der Waals surface area (Å²) in [5.74, 6) is -0.311. The molecule has 6 rings (SSSR count). The smallest absolute Gasteiger partial charge is 0.221 e. The number of para-hydroxylation sites is 1. The zero-order valence-electron chi connectivity index (χ0n) is 20.7. The predicted molar refractivity (Wildman–Crippen MR) is 150 cm³/mol. The average molecular weight is 507 g/mol. The first-order chi connectivity index (χ1) is 18.2. The Morgan fingerprint density at radius 3 is 2.46 bits per heavy atom. The van der Waals surface area contributed by atoms with Crippen LogP contribution in [0.25, 0.3) is 11.1 Å². The highest BCUT2D eigenvalue weighted by Crippen LogP contribution is 2.51. The second-order valence-electron chi connectivity index (χ2n) is 9.75. The van der Waals surface area contributed by atoms with Gasteiger partial charge in [-0.3, -0.25) is 14.7 Å². The Morgan fingerprint density at radius 2 is 1.65 bits per heavy atom. The van der Waals surface area contributed by atoms with Crippen LogP contribution in [-0.4, -0.2) is 34.9 Å². The van der Waals surface area contributed by atoms with Crippen molar-refractivity contribution < 1.29 is 4.79 Å². The molecular weight excluding hydrogens is 476 g/mol. The van der Waals surface area contributed by atoms with Crippen LogP contribution in [0.2, 0.25) is 0 Å². The first-order valence-electron chi connectivity index (χ1n) is 12.8. The van der Waals surface area contributed by atoms with E-state index in [-0.39, 0.29) is 12.3 Å². The number of piperidine rings is 1. The number of pyridine rings is 1. The van der Waals surface area contributed by atoms with E-state index in [4.69, 9.17) is 5.73 Å². The lowest BCUT2D eigenvalue weighted by Crippen LogP contribution is -2.43. The van der Waals surface area contributed by atoms with Crippen LogP contribution in [0, 0.1) is 0 Å². The van der Waals surface area contributed by atoms with Gasteiger partial charge in [0.1, 0.15) is 0 Å². The first kappa shape index (κ1) is 23.8. The maximum absolute atomic E-state index is 11.7. The van der Waals surface area contributed by atoms with Gasteiger partial charge in [0.2, 0.25) is 5.91 Å². The van der Waals surface area contributed by atoms with Crippen molar-refractivity contribution >= 4 is 29.0 Å². The van der Waals surface area contributed by atoms with Crippen molar-refractivity contribution in [1.82, 2.24) is 9.88 Å². The molecule has 0 saturated carbocycles. The molecule has 0 unspecified atom stereocenters. The number of carbonyl (C=O) groups is 1. The summed E-state index contributed by atoms with van der Waals surface area (Å²) in [6.45, 7) is 3.02. The molecule has 1 saturated heterocycles. The van der Waals surface area contributed by atoms with E-state index in [2.05, 4.69) is 75.4 Å². The lowest BCUT2D eigenvalue weighted by Gasteiger charge is -2.43. The molecule has 1 amide bonds. The molecule has 3 heterocycles. The van der Waals surface area contributed by atoms with Gasteiger partial charge in [-0.25, -0.2) is 0 Å². The van der Waals surface area contributed by atoms with E-state index in [0.717, 1.165) is 54.9 Å². The molecule has 6 heteroatoms. The number of hydrogen-bond acceptors (Lipinski definition) is 5. The number of likely N-dealkylation sites (tertiary alicyclic amines) is 1. The quantitative estimate of drug-likeness (QED) is 0.345. The van der Waals surface area contributed by atoms with Crippen LogP contribution in [0.1, 0.15) is 24.1 Å². The molecule has 0 aliphatic carbocycles. The summed E-state index contributed by atoms with van der Waals surface area (Å²) in [7, 11) is 0. The Morgan fingerprint density at radius 1 is 0.892 bits per heavy atom. The van der Waals surface area contributed by atoms with Crippen molar-refractivity contribution in [2.24, 2.45) is 5.73 Å². The third-order valence-electron chi connectivity index (χ3n) is 7.29. The van der Waals surface area contributed by atoms with Gasteiger partial charge in [-0.05, 0) is 65.9 Å². The molecule has 1 fully saturated rings. The molecule has 186 valence electrons. The summed E-state index contributed by atoms with van der Waals surface area (Å²) in [6.07, 6.45) is 4.33. The maximum atomic E-state index is 11.7. The Labute approximate surface area is 222 Å². The molecule has 2 aliphatic heterocycles. The molecule has 0 bridgehead atoms. The van der Waals surface area contributed by atoms with Gasteiger partial charge in [-0.2, -0.15) is 0 Å². The number of amides is 1. The SMILES string of the molecule is NC(=O)Cc1ccccc1-c1ccc2c(c1)Sc1ccccc1N2C1CCN(Cc2ccccn2)CC1. The van der Waals surface area contributed by atoms with Crippen LogP contribution in [0.4, 0.5) is 11.4 Å². The molecule has 4 aromatic rings. The fourth-order valence-electron chi connectivity index (χ4n) is 5.55. The maximum Gasteiger partial charge on any atom is 0.221 e. The van der Waals surface area contributed by atoms with Gasteiger partial charge in [-0.15, -0.1) is 0 Å². The Bertz CT molecular complexity index is 1420. The fourth-order valence-corrected chi connectivity index (χ4v) is 6.66. The second-order valence-corrected chi connectivity index (χ2v) is 10.8. The summed E-state index contributed by atoms with van der Waals surface area (Å²) in [4.78, 5) is 23.8. The van der Waals surface area contributed by atoms with Crippen molar-refractivity contribution in [2.45, 2.75) is 41.6 Å². The molecule has 5 nitrogen and oxygen atoms in total. The Hall–Kier alpha value is -3.61. The van der Waals surface area contributed by atoms with Crippen LogP contribution in [0.15, 0.2) is 101 Å². The highest BCUT2D eigenvalue weighted by atomic mass is 32.2. The van der Waals surface area contributed by atoms with Crippen LogP contribution in [0.5, 0.6) is 0 Å². The van der Waals surface area contributed by atoms with Gasteiger partial charge < -0.3 is 10.6 Å². The zero-order valence-corrected chi connectivity index (χ0v) is 21.5. The molecule has 2 N–H and O–H groups in total. The van der Waals surface area contributed by atoms with Crippen LogP contribution in [0.3, 0.4) is 0 Å². The summed E-state index contributed by atoms with van der Waals surface area (Å²) >= 11 is 1.83. The average Bonchev–Trinajstić information content (AvgIpc) is 2.92. The number of carbonyl (C=O) groups excluding carboxylic acids is 1. The van der Waals surface area contributed by atoms with Gasteiger partial charge in [0.05, 0.1) is 23.5 Å². The third-order valence-corrected chi connectivity index (χ3v) is 8.40. The molecule has 2 aliphatic rings. The van der Waals surface area contributed by atoms with Crippen LogP contribution in [-0.2, 0) is 17.8 Å².